The Bertz CT molecular complexity index is 460. The first-order valence-electron chi connectivity index (χ1n) is 3.68. The number of nitrogens with zero attached hydrogens (tertiary/aromatic N) is 2. The Morgan fingerprint density at radius 3 is 2.50 bits per heavy atom. The maximum Gasteiger partial charge on any atom is 0.358 e. The summed E-state index contributed by atoms with van der Waals surface area (Å²) >= 11 is 0. The fourth-order valence-corrected chi connectivity index (χ4v) is 1.85. The number of carbonyl (C=O) groups is 1. The zero-order valence-electron chi connectivity index (χ0n) is 8.01. The van der Waals surface area contributed by atoms with E-state index in [1.54, 1.807) is 0 Å². The predicted molar refractivity (Wildman–Crippen MR) is 47.7 cm³/mol. The Labute approximate surface area is 81.4 Å². The van der Waals surface area contributed by atoms with Gasteiger partial charge in [0.15, 0.2) is 20.6 Å². The number of rotatable bonds is 2. The third kappa shape index (κ3) is 1.92. The average molecular weight is 218 g/mol. The summed E-state index contributed by atoms with van der Waals surface area (Å²) in [6.07, 6.45) is 1.05. The highest BCUT2D eigenvalue weighted by molar-refractivity contribution is 7.90. The molecule has 0 spiro atoms. The van der Waals surface area contributed by atoms with Crippen molar-refractivity contribution in [3.63, 3.8) is 0 Å². The van der Waals surface area contributed by atoms with Crippen LogP contribution in [-0.2, 0) is 21.6 Å². The quantitative estimate of drug-likeness (QED) is 0.632. The molecule has 6 nitrogen and oxygen atoms in total. The van der Waals surface area contributed by atoms with Crippen molar-refractivity contribution in [3.05, 3.63) is 11.8 Å². The largest absolute Gasteiger partial charge is 0.464 e. The standard InChI is InChI=1S/C7H10N2O4S/c1-9-6(14(3,11)12)4-5(8-9)7(10)13-2/h4H,1-3H3. The third-order valence-electron chi connectivity index (χ3n) is 1.61. The smallest absolute Gasteiger partial charge is 0.358 e. The molecule has 1 aromatic heterocycles. The highest BCUT2D eigenvalue weighted by Gasteiger charge is 2.18. The van der Waals surface area contributed by atoms with Crippen LogP contribution in [0.5, 0.6) is 0 Å². The van der Waals surface area contributed by atoms with E-state index in [9.17, 15) is 13.2 Å². The monoisotopic (exact) mass is 218 g/mol. The maximum atomic E-state index is 11.2. The number of aromatic nitrogens is 2. The van der Waals surface area contributed by atoms with Gasteiger partial charge >= 0.3 is 5.97 Å². The van der Waals surface area contributed by atoms with Crippen molar-refractivity contribution in [1.29, 1.82) is 0 Å². The molecule has 7 heteroatoms. The molecule has 1 rings (SSSR count). The fraction of sp³-hybridized carbons (Fsp3) is 0.429. The molecule has 78 valence electrons. The molecule has 0 aliphatic carbocycles. The van der Waals surface area contributed by atoms with Crippen molar-refractivity contribution >= 4 is 15.8 Å². The van der Waals surface area contributed by atoms with E-state index in [-0.39, 0.29) is 10.7 Å². The van der Waals surface area contributed by atoms with Crippen LogP contribution in [0.3, 0.4) is 0 Å². The molecule has 0 bridgehead atoms. The number of hydrogen-bond acceptors (Lipinski definition) is 5. The van der Waals surface area contributed by atoms with Gasteiger partial charge in [-0.25, -0.2) is 13.2 Å². The summed E-state index contributed by atoms with van der Waals surface area (Å²) in [5.41, 5.74) is -0.0181. The van der Waals surface area contributed by atoms with Gasteiger partial charge < -0.3 is 4.74 Å². The van der Waals surface area contributed by atoms with Crippen LogP contribution in [0.4, 0.5) is 0 Å². The van der Waals surface area contributed by atoms with Gasteiger partial charge in [-0.2, -0.15) is 5.10 Å². The van der Waals surface area contributed by atoms with Crippen LogP contribution in [0.15, 0.2) is 11.1 Å². The van der Waals surface area contributed by atoms with Crippen molar-refractivity contribution in [2.45, 2.75) is 5.03 Å². The van der Waals surface area contributed by atoms with Gasteiger partial charge in [-0.3, -0.25) is 4.68 Å². The number of hydrogen-bond donors (Lipinski definition) is 0. The van der Waals surface area contributed by atoms with Gasteiger partial charge in [-0.1, -0.05) is 0 Å². The second-order valence-corrected chi connectivity index (χ2v) is 4.72. The van der Waals surface area contributed by atoms with Crippen molar-refractivity contribution in [2.75, 3.05) is 13.4 Å². The van der Waals surface area contributed by atoms with Gasteiger partial charge in [-0.15, -0.1) is 0 Å². The van der Waals surface area contributed by atoms with E-state index >= 15 is 0 Å². The second kappa shape index (κ2) is 3.41. The summed E-state index contributed by atoms with van der Waals surface area (Å²) in [7, 11) is -0.709. The molecule has 0 amide bonds. The predicted octanol–water partition coefficient (Wildman–Crippen LogP) is -0.390. The lowest BCUT2D eigenvalue weighted by molar-refractivity contribution is 0.0593. The van der Waals surface area contributed by atoms with E-state index in [0.29, 0.717) is 0 Å². The molecule has 0 aliphatic rings. The van der Waals surface area contributed by atoms with Crippen LogP contribution in [0.1, 0.15) is 10.5 Å². The summed E-state index contributed by atoms with van der Waals surface area (Å²) in [5.74, 6) is -0.657. The molecule has 0 saturated heterocycles. The van der Waals surface area contributed by atoms with Crippen molar-refractivity contribution < 1.29 is 17.9 Å². The van der Waals surface area contributed by atoms with Crippen LogP contribution < -0.4 is 0 Å². The number of ether oxygens (including phenoxy) is 1. The second-order valence-electron chi connectivity index (χ2n) is 2.76. The van der Waals surface area contributed by atoms with Gasteiger partial charge in [-0.05, 0) is 0 Å². The minimum absolute atomic E-state index is 0.0158. The molecule has 0 N–H and O–H groups in total. The first kappa shape index (κ1) is 10.7. The summed E-state index contributed by atoms with van der Waals surface area (Å²) in [5, 5.41) is 3.69. The van der Waals surface area contributed by atoms with E-state index in [1.165, 1.54) is 20.2 Å². The van der Waals surface area contributed by atoms with Crippen molar-refractivity contribution in [2.24, 2.45) is 7.05 Å². The first-order valence-corrected chi connectivity index (χ1v) is 5.58. The van der Waals surface area contributed by atoms with Crippen LogP contribution in [0.2, 0.25) is 0 Å². The Kier molecular flexibility index (Phi) is 2.61. The molecular weight excluding hydrogens is 208 g/mol. The first-order chi connectivity index (χ1) is 6.36. The summed E-state index contributed by atoms with van der Waals surface area (Å²) in [4.78, 5) is 11.0. The molecular formula is C7H10N2O4S. The van der Waals surface area contributed by atoms with Crippen LogP contribution in [0, 0.1) is 0 Å². The van der Waals surface area contributed by atoms with Crippen LogP contribution >= 0.6 is 0 Å². The normalized spacial score (nSPS) is 11.4. The van der Waals surface area contributed by atoms with E-state index < -0.39 is 15.8 Å². The van der Waals surface area contributed by atoms with Gasteiger partial charge in [0.25, 0.3) is 0 Å². The fourth-order valence-electron chi connectivity index (χ4n) is 1.00. The zero-order chi connectivity index (χ0) is 10.9. The number of methoxy groups -OCH3 is 1. The van der Waals surface area contributed by atoms with Crippen LogP contribution in [-0.4, -0.2) is 37.5 Å². The van der Waals surface area contributed by atoms with Crippen LogP contribution in [0.25, 0.3) is 0 Å². The van der Waals surface area contributed by atoms with Crippen molar-refractivity contribution in [1.82, 2.24) is 9.78 Å². The SMILES string of the molecule is COC(=O)c1cc(S(C)(=O)=O)n(C)n1. The highest BCUT2D eigenvalue weighted by atomic mass is 32.2. The minimum Gasteiger partial charge on any atom is -0.464 e. The Hall–Kier alpha value is -1.37. The summed E-state index contributed by atoms with van der Waals surface area (Å²) < 4.78 is 27.9. The van der Waals surface area contributed by atoms with E-state index in [2.05, 4.69) is 9.84 Å². The molecule has 14 heavy (non-hydrogen) atoms. The summed E-state index contributed by atoms with van der Waals surface area (Å²) in [6, 6.07) is 1.18. The molecule has 0 aromatic carbocycles. The molecule has 0 saturated carbocycles. The van der Waals surface area contributed by atoms with Gasteiger partial charge in [0.2, 0.25) is 0 Å². The highest BCUT2D eigenvalue weighted by Crippen LogP contribution is 2.10. The van der Waals surface area contributed by atoms with Gasteiger partial charge in [0, 0.05) is 19.4 Å². The number of carbonyl (C=O) groups excluding carboxylic acids is 1. The van der Waals surface area contributed by atoms with E-state index in [0.717, 1.165) is 10.9 Å². The molecule has 0 radical (unpaired) electrons. The Balaban J connectivity index is 3.25. The number of aryl methyl sites for hydroxylation is 1. The molecule has 0 fully saturated rings. The summed E-state index contributed by atoms with van der Waals surface area (Å²) in [6.45, 7) is 0. The average Bonchev–Trinajstić information content (AvgIpc) is 2.45. The molecule has 0 aliphatic heterocycles. The topological polar surface area (TPSA) is 78.3 Å². The zero-order valence-corrected chi connectivity index (χ0v) is 8.83. The minimum atomic E-state index is -3.36. The molecule has 1 heterocycles. The van der Waals surface area contributed by atoms with E-state index in [4.69, 9.17) is 0 Å². The molecule has 1 aromatic rings. The third-order valence-corrected chi connectivity index (χ3v) is 2.75. The lowest BCUT2D eigenvalue weighted by atomic mass is 10.4. The molecule has 0 atom stereocenters. The Morgan fingerprint density at radius 2 is 2.14 bits per heavy atom. The Morgan fingerprint density at radius 1 is 1.57 bits per heavy atom. The lowest BCUT2D eigenvalue weighted by Gasteiger charge is -1.95. The van der Waals surface area contributed by atoms with Gasteiger partial charge in [0.1, 0.15) is 0 Å². The van der Waals surface area contributed by atoms with Gasteiger partial charge in [0.05, 0.1) is 7.11 Å². The lowest BCUT2D eigenvalue weighted by Crippen LogP contribution is -2.05. The number of sulfone groups is 1. The van der Waals surface area contributed by atoms with Crippen molar-refractivity contribution in [3.8, 4) is 0 Å². The van der Waals surface area contributed by atoms with E-state index in [1.807, 2.05) is 0 Å². The molecule has 0 unspecified atom stereocenters. The maximum absolute atomic E-state index is 11.2. The number of esters is 1.